The topological polar surface area (TPSA) is 68.1 Å². The number of benzene rings is 1. The van der Waals surface area contributed by atoms with E-state index in [0.29, 0.717) is 19.4 Å². The molecule has 1 rings (SSSR count). The molecule has 0 bridgehead atoms. The number of hydrogen-bond acceptors (Lipinski definition) is 5. The fraction of sp³-hybridized carbons (Fsp3) is 0.467. The molecule has 0 aromatic heterocycles. The van der Waals surface area contributed by atoms with E-state index in [2.05, 4.69) is 5.16 Å². The van der Waals surface area contributed by atoms with Crippen LogP contribution in [0.4, 0.5) is 0 Å². The van der Waals surface area contributed by atoms with Crippen molar-refractivity contribution in [1.29, 1.82) is 0 Å². The Labute approximate surface area is 119 Å². The number of oxime groups is 1. The highest BCUT2D eigenvalue weighted by Gasteiger charge is 2.12. The molecule has 0 atom stereocenters. The lowest BCUT2D eigenvalue weighted by Crippen LogP contribution is -2.17. The Morgan fingerprint density at radius 1 is 1.30 bits per heavy atom. The van der Waals surface area contributed by atoms with Gasteiger partial charge in [0.2, 0.25) is 0 Å². The first-order valence-electron chi connectivity index (χ1n) is 6.75. The number of esters is 1. The number of hydrogen-bond donors (Lipinski definition) is 1. The van der Waals surface area contributed by atoms with Crippen LogP contribution in [0, 0.1) is 6.92 Å². The molecule has 0 aliphatic heterocycles. The third kappa shape index (κ3) is 5.30. The maximum Gasteiger partial charge on any atom is 0.356 e. The van der Waals surface area contributed by atoms with E-state index in [-0.39, 0.29) is 12.3 Å². The molecule has 110 valence electrons. The molecule has 5 nitrogen and oxygen atoms in total. The monoisotopic (exact) mass is 279 g/mol. The van der Waals surface area contributed by atoms with E-state index in [9.17, 15) is 4.79 Å². The van der Waals surface area contributed by atoms with E-state index in [4.69, 9.17) is 14.7 Å². The molecule has 1 aromatic rings. The van der Waals surface area contributed by atoms with Crippen molar-refractivity contribution in [2.24, 2.45) is 5.16 Å². The molecule has 1 aromatic carbocycles. The Balaban J connectivity index is 2.25. The van der Waals surface area contributed by atoms with Crippen LogP contribution in [0.2, 0.25) is 0 Å². The molecule has 1 N–H and O–H groups in total. The second kappa shape index (κ2) is 8.96. The van der Waals surface area contributed by atoms with Crippen molar-refractivity contribution >= 4 is 11.7 Å². The molecule has 0 saturated carbocycles. The Bertz CT molecular complexity index is 457. The molecule has 0 spiro atoms. The van der Waals surface area contributed by atoms with E-state index in [1.807, 2.05) is 31.2 Å². The van der Waals surface area contributed by atoms with Crippen LogP contribution >= 0.6 is 0 Å². The van der Waals surface area contributed by atoms with Gasteiger partial charge in [0.1, 0.15) is 5.75 Å². The number of nitrogens with zero attached hydrogens (tertiary/aromatic N) is 1. The maximum absolute atomic E-state index is 11.4. The van der Waals surface area contributed by atoms with Gasteiger partial charge < -0.3 is 14.7 Å². The van der Waals surface area contributed by atoms with Gasteiger partial charge in [-0.15, -0.1) is 0 Å². The smallest absolute Gasteiger partial charge is 0.356 e. The SMILES string of the molecule is CCOC(=O)C(CCCCOc1ccccc1C)=NO. The number of unbranched alkanes of at least 4 members (excludes halogenated alkanes) is 1. The zero-order valence-corrected chi connectivity index (χ0v) is 12.0. The summed E-state index contributed by atoms with van der Waals surface area (Å²) in [5.41, 5.74) is 1.15. The quantitative estimate of drug-likeness (QED) is 0.261. The van der Waals surface area contributed by atoms with Gasteiger partial charge in [0.25, 0.3) is 0 Å². The second-order valence-electron chi connectivity index (χ2n) is 4.34. The van der Waals surface area contributed by atoms with E-state index in [1.165, 1.54) is 0 Å². The van der Waals surface area contributed by atoms with Gasteiger partial charge in [0.15, 0.2) is 5.71 Å². The lowest BCUT2D eigenvalue weighted by atomic mass is 10.1. The number of para-hydroxylation sites is 1. The highest BCUT2D eigenvalue weighted by Crippen LogP contribution is 2.16. The minimum absolute atomic E-state index is 0.0581. The lowest BCUT2D eigenvalue weighted by Gasteiger charge is -2.08. The lowest BCUT2D eigenvalue weighted by molar-refractivity contribution is -0.135. The average Bonchev–Trinajstić information content (AvgIpc) is 2.45. The van der Waals surface area contributed by atoms with Gasteiger partial charge in [-0.25, -0.2) is 4.79 Å². The molecule has 0 amide bonds. The molecular weight excluding hydrogens is 258 g/mol. The molecule has 0 saturated heterocycles. The molecular formula is C15H21NO4. The van der Waals surface area contributed by atoms with Gasteiger partial charge in [-0.2, -0.15) is 0 Å². The van der Waals surface area contributed by atoms with Gasteiger partial charge in [-0.05, 0) is 38.3 Å². The van der Waals surface area contributed by atoms with Crippen LogP contribution in [0.1, 0.15) is 31.7 Å². The summed E-state index contributed by atoms with van der Waals surface area (Å²) in [6.45, 7) is 4.54. The van der Waals surface area contributed by atoms with Crippen molar-refractivity contribution in [2.75, 3.05) is 13.2 Å². The molecule has 0 radical (unpaired) electrons. The number of ether oxygens (including phenoxy) is 2. The minimum atomic E-state index is -0.560. The number of carbonyl (C=O) groups excluding carboxylic acids is 1. The fourth-order valence-electron chi connectivity index (χ4n) is 1.70. The van der Waals surface area contributed by atoms with Crippen molar-refractivity contribution < 1.29 is 19.5 Å². The predicted octanol–water partition coefficient (Wildman–Crippen LogP) is 2.94. The summed E-state index contributed by atoms with van der Waals surface area (Å²) in [6, 6.07) is 7.81. The molecule has 0 heterocycles. The second-order valence-corrected chi connectivity index (χ2v) is 4.34. The first-order chi connectivity index (χ1) is 9.69. The summed E-state index contributed by atoms with van der Waals surface area (Å²) in [5.74, 6) is 0.309. The highest BCUT2D eigenvalue weighted by atomic mass is 16.5. The Morgan fingerprint density at radius 3 is 2.70 bits per heavy atom. The first-order valence-corrected chi connectivity index (χ1v) is 6.75. The normalized spacial score (nSPS) is 11.2. The summed E-state index contributed by atoms with van der Waals surface area (Å²) in [5, 5.41) is 11.7. The summed E-state index contributed by atoms with van der Waals surface area (Å²) in [6.07, 6.45) is 1.85. The zero-order chi connectivity index (χ0) is 14.8. The Hall–Kier alpha value is -2.04. The van der Waals surface area contributed by atoms with Gasteiger partial charge in [0, 0.05) is 6.42 Å². The van der Waals surface area contributed by atoms with Crippen LogP contribution in [0.3, 0.4) is 0 Å². The molecule has 0 aliphatic carbocycles. The van der Waals surface area contributed by atoms with Crippen LogP contribution in [0.15, 0.2) is 29.4 Å². The molecule has 0 unspecified atom stereocenters. The molecule has 0 aliphatic rings. The van der Waals surface area contributed by atoms with E-state index >= 15 is 0 Å². The standard InChI is InChI=1S/C15H21NO4/c1-3-19-15(17)13(16-18)9-6-7-11-20-14-10-5-4-8-12(14)2/h4-5,8,10,18H,3,6-7,9,11H2,1-2H3. The van der Waals surface area contributed by atoms with Crippen molar-refractivity contribution in [3.05, 3.63) is 29.8 Å². The zero-order valence-electron chi connectivity index (χ0n) is 12.0. The van der Waals surface area contributed by atoms with Crippen LogP contribution in [0.25, 0.3) is 0 Å². The van der Waals surface area contributed by atoms with Crippen molar-refractivity contribution in [3.63, 3.8) is 0 Å². The summed E-state index contributed by atoms with van der Waals surface area (Å²) in [4.78, 5) is 11.4. The summed E-state index contributed by atoms with van der Waals surface area (Å²) < 4.78 is 10.4. The van der Waals surface area contributed by atoms with Gasteiger partial charge in [-0.3, -0.25) is 0 Å². The Morgan fingerprint density at radius 2 is 2.05 bits per heavy atom. The summed E-state index contributed by atoms with van der Waals surface area (Å²) in [7, 11) is 0. The number of carbonyl (C=O) groups is 1. The molecule has 0 fully saturated rings. The van der Waals surface area contributed by atoms with Crippen LogP contribution in [-0.4, -0.2) is 30.1 Å². The Kier molecular flexibility index (Phi) is 7.17. The van der Waals surface area contributed by atoms with Crippen molar-refractivity contribution in [3.8, 4) is 5.75 Å². The van der Waals surface area contributed by atoms with E-state index in [1.54, 1.807) is 6.92 Å². The van der Waals surface area contributed by atoms with Crippen LogP contribution in [0.5, 0.6) is 5.75 Å². The van der Waals surface area contributed by atoms with Crippen molar-refractivity contribution in [2.45, 2.75) is 33.1 Å². The van der Waals surface area contributed by atoms with E-state index in [0.717, 1.165) is 17.7 Å². The average molecular weight is 279 g/mol. The minimum Gasteiger partial charge on any atom is -0.493 e. The third-order valence-electron chi connectivity index (χ3n) is 2.79. The van der Waals surface area contributed by atoms with Crippen LogP contribution in [-0.2, 0) is 9.53 Å². The highest BCUT2D eigenvalue weighted by molar-refractivity contribution is 6.36. The fourth-order valence-corrected chi connectivity index (χ4v) is 1.70. The largest absolute Gasteiger partial charge is 0.493 e. The first kappa shape index (κ1) is 16.0. The van der Waals surface area contributed by atoms with Gasteiger partial charge >= 0.3 is 5.97 Å². The third-order valence-corrected chi connectivity index (χ3v) is 2.79. The van der Waals surface area contributed by atoms with Gasteiger partial charge in [0.05, 0.1) is 13.2 Å². The van der Waals surface area contributed by atoms with Crippen molar-refractivity contribution in [1.82, 2.24) is 0 Å². The molecule has 5 heteroatoms. The maximum atomic E-state index is 11.4. The van der Waals surface area contributed by atoms with Gasteiger partial charge in [-0.1, -0.05) is 23.4 Å². The molecule has 20 heavy (non-hydrogen) atoms. The van der Waals surface area contributed by atoms with Crippen LogP contribution < -0.4 is 4.74 Å². The number of aryl methyl sites for hydroxylation is 1. The predicted molar refractivity (Wildman–Crippen MR) is 76.4 cm³/mol. The number of rotatable bonds is 8. The summed E-state index contributed by atoms with van der Waals surface area (Å²) >= 11 is 0. The van der Waals surface area contributed by atoms with E-state index < -0.39 is 5.97 Å².